The van der Waals surface area contributed by atoms with Crippen molar-refractivity contribution in [1.82, 2.24) is 4.57 Å². The minimum Gasteiger partial charge on any atom is -0.492 e. The normalized spacial score (nSPS) is 18.3. The lowest BCUT2D eigenvalue weighted by molar-refractivity contribution is -0.148. The van der Waals surface area contributed by atoms with Crippen molar-refractivity contribution in [2.75, 3.05) is 13.7 Å². The summed E-state index contributed by atoms with van der Waals surface area (Å²) in [5, 5.41) is 1.22. The van der Waals surface area contributed by atoms with Crippen molar-refractivity contribution in [1.29, 1.82) is 0 Å². The predicted octanol–water partition coefficient (Wildman–Crippen LogP) is 7.05. The van der Waals surface area contributed by atoms with Crippen molar-refractivity contribution < 1.29 is 23.8 Å². The highest BCUT2D eigenvalue weighted by Gasteiger charge is 2.32. The Balaban J connectivity index is 1.70. The van der Waals surface area contributed by atoms with Crippen LogP contribution in [0.15, 0.2) is 54.6 Å². The highest BCUT2D eigenvalue weighted by Crippen LogP contribution is 2.48. The van der Waals surface area contributed by atoms with Gasteiger partial charge in [-0.1, -0.05) is 49.6 Å². The number of esters is 2. The number of ether oxygens (including phenoxy) is 3. The maximum atomic E-state index is 13.0. The maximum absolute atomic E-state index is 13.0. The Hall–Kier alpha value is -3.54. The van der Waals surface area contributed by atoms with Crippen LogP contribution in [0.4, 0.5) is 0 Å². The van der Waals surface area contributed by atoms with E-state index in [0.717, 1.165) is 29.6 Å². The zero-order valence-electron chi connectivity index (χ0n) is 22.8. The second kappa shape index (κ2) is 10.7. The molecular weight excluding hydrogens is 478 g/mol. The van der Waals surface area contributed by atoms with Crippen LogP contribution < -0.4 is 4.74 Å². The third kappa shape index (κ3) is 5.22. The molecule has 1 aliphatic heterocycles. The van der Waals surface area contributed by atoms with E-state index >= 15 is 0 Å². The molecule has 1 saturated carbocycles. The third-order valence-corrected chi connectivity index (χ3v) is 7.47. The van der Waals surface area contributed by atoms with Gasteiger partial charge in [-0.3, -0.25) is 0 Å². The fraction of sp³-hybridized carbons (Fsp3) is 0.438. The van der Waals surface area contributed by atoms with Crippen LogP contribution in [0.5, 0.6) is 5.75 Å². The molecule has 1 aromatic heterocycles. The first kappa shape index (κ1) is 26.1. The molecule has 6 nitrogen and oxygen atoms in total. The number of fused-ring (bicyclic) bond motifs is 5. The number of hydrogen-bond acceptors (Lipinski definition) is 5. The number of rotatable bonds is 4. The van der Waals surface area contributed by atoms with Gasteiger partial charge in [-0.25, -0.2) is 9.59 Å². The van der Waals surface area contributed by atoms with E-state index < -0.39 is 5.60 Å². The standard InChI is InChI=1S/C32H37NO5/c1-32(2,3)38-27(34)18-17-21-19-33-25-15-9-8-13-23(25)28(22-11-6-5-7-12-22)30(33)29-24(31(35)36-4)14-10-16-26(29)37-20-21/h8-10,13-18,21-22H,5-7,11-12,19-20H2,1-4H3. The first-order chi connectivity index (χ1) is 18.3. The lowest BCUT2D eigenvalue weighted by Gasteiger charge is -2.28. The zero-order chi connectivity index (χ0) is 26.9. The van der Waals surface area contributed by atoms with Crippen LogP contribution in [-0.4, -0.2) is 35.8 Å². The lowest BCUT2D eigenvalue weighted by atomic mass is 9.81. The molecule has 1 fully saturated rings. The number of carbonyl (C=O) groups is 2. The van der Waals surface area contributed by atoms with Crippen LogP contribution in [0.1, 0.15) is 74.7 Å². The van der Waals surface area contributed by atoms with Crippen LogP contribution in [-0.2, 0) is 20.8 Å². The number of hydrogen-bond donors (Lipinski definition) is 0. The van der Waals surface area contributed by atoms with Crippen molar-refractivity contribution in [2.24, 2.45) is 5.92 Å². The molecule has 0 bridgehead atoms. The van der Waals surface area contributed by atoms with Crippen LogP contribution in [0, 0.1) is 5.92 Å². The summed E-state index contributed by atoms with van der Waals surface area (Å²) in [4.78, 5) is 25.5. The Morgan fingerprint density at radius 3 is 2.53 bits per heavy atom. The topological polar surface area (TPSA) is 66.8 Å². The Labute approximate surface area is 224 Å². The molecule has 0 saturated heterocycles. The SMILES string of the molecule is COC(=O)c1cccc2c1-c1c(C3CCCCC3)c3ccccc3n1CC(C=CC(=O)OC(C)(C)C)CO2. The molecule has 2 aliphatic rings. The smallest absolute Gasteiger partial charge is 0.338 e. The summed E-state index contributed by atoms with van der Waals surface area (Å²) in [5.74, 6) is 0.237. The van der Waals surface area contributed by atoms with Gasteiger partial charge in [-0.05, 0) is 63.3 Å². The molecule has 0 N–H and O–H groups in total. The van der Waals surface area contributed by atoms with Gasteiger partial charge >= 0.3 is 11.9 Å². The number of para-hydroxylation sites is 1. The molecule has 2 aromatic carbocycles. The van der Waals surface area contributed by atoms with Gasteiger partial charge in [0.1, 0.15) is 11.4 Å². The van der Waals surface area contributed by atoms with Crippen LogP contribution in [0.2, 0.25) is 0 Å². The largest absolute Gasteiger partial charge is 0.492 e. The molecular formula is C32H37NO5. The molecule has 5 rings (SSSR count). The number of nitrogens with zero attached hydrogens (tertiary/aromatic N) is 1. The number of carbonyl (C=O) groups excluding carboxylic acids is 2. The van der Waals surface area contributed by atoms with Crippen molar-refractivity contribution in [3.8, 4) is 17.0 Å². The van der Waals surface area contributed by atoms with Crippen molar-refractivity contribution in [3.63, 3.8) is 0 Å². The Morgan fingerprint density at radius 1 is 1.03 bits per heavy atom. The van der Waals surface area contributed by atoms with Crippen molar-refractivity contribution in [3.05, 3.63) is 65.7 Å². The van der Waals surface area contributed by atoms with Gasteiger partial charge in [0.15, 0.2) is 0 Å². The molecule has 0 radical (unpaired) electrons. The van der Waals surface area contributed by atoms with E-state index in [1.54, 1.807) is 0 Å². The molecule has 1 aliphatic carbocycles. The van der Waals surface area contributed by atoms with Gasteiger partial charge in [0.25, 0.3) is 0 Å². The highest BCUT2D eigenvalue weighted by atomic mass is 16.6. The van der Waals surface area contributed by atoms with Gasteiger partial charge < -0.3 is 18.8 Å². The summed E-state index contributed by atoms with van der Waals surface area (Å²) in [6, 6.07) is 14.1. The summed E-state index contributed by atoms with van der Waals surface area (Å²) in [7, 11) is 1.42. The van der Waals surface area contributed by atoms with Crippen LogP contribution in [0.3, 0.4) is 0 Å². The molecule has 200 valence electrons. The van der Waals surface area contributed by atoms with E-state index in [0.29, 0.717) is 30.4 Å². The van der Waals surface area contributed by atoms with Gasteiger partial charge in [0.2, 0.25) is 0 Å². The van der Waals surface area contributed by atoms with E-state index in [9.17, 15) is 9.59 Å². The molecule has 0 spiro atoms. The van der Waals surface area contributed by atoms with Gasteiger partial charge in [0.05, 0.1) is 30.5 Å². The van der Waals surface area contributed by atoms with E-state index in [4.69, 9.17) is 14.2 Å². The second-order valence-corrected chi connectivity index (χ2v) is 11.4. The molecule has 2 heterocycles. The molecule has 3 aromatic rings. The van der Waals surface area contributed by atoms with Crippen molar-refractivity contribution >= 4 is 22.8 Å². The highest BCUT2D eigenvalue weighted by molar-refractivity contribution is 6.02. The minimum absolute atomic E-state index is 0.0776. The van der Waals surface area contributed by atoms with Crippen LogP contribution >= 0.6 is 0 Å². The first-order valence-electron chi connectivity index (χ1n) is 13.6. The molecule has 1 unspecified atom stereocenters. The Bertz CT molecular complexity index is 1370. The summed E-state index contributed by atoms with van der Waals surface area (Å²) in [6.07, 6.45) is 9.32. The summed E-state index contributed by atoms with van der Waals surface area (Å²) in [5.41, 5.74) is 4.20. The first-order valence-corrected chi connectivity index (χ1v) is 13.6. The minimum atomic E-state index is -0.555. The Morgan fingerprint density at radius 2 is 1.79 bits per heavy atom. The van der Waals surface area contributed by atoms with E-state index in [2.05, 4.69) is 28.8 Å². The van der Waals surface area contributed by atoms with Gasteiger partial charge in [-0.2, -0.15) is 0 Å². The zero-order valence-corrected chi connectivity index (χ0v) is 22.8. The molecule has 1 atom stereocenters. The third-order valence-electron chi connectivity index (χ3n) is 7.47. The molecule has 6 heteroatoms. The quantitative estimate of drug-likeness (QED) is 0.275. The summed E-state index contributed by atoms with van der Waals surface area (Å²) < 4.78 is 19.4. The van der Waals surface area contributed by atoms with Crippen molar-refractivity contribution in [2.45, 2.75) is 70.9 Å². The number of methoxy groups -OCH3 is 1. The number of benzene rings is 2. The van der Waals surface area contributed by atoms with Gasteiger partial charge in [-0.15, -0.1) is 0 Å². The van der Waals surface area contributed by atoms with E-state index in [-0.39, 0.29) is 17.9 Å². The second-order valence-electron chi connectivity index (χ2n) is 11.4. The maximum Gasteiger partial charge on any atom is 0.338 e. The van der Waals surface area contributed by atoms with E-state index in [1.807, 2.05) is 45.0 Å². The van der Waals surface area contributed by atoms with Crippen LogP contribution in [0.25, 0.3) is 22.2 Å². The molecule has 0 amide bonds. The average molecular weight is 516 g/mol. The lowest BCUT2D eigenvalue weighted by Crippen LogP contribution is -2.24. The average Bonchev–Trinajstić information content (AvgIpc) is 3.20. The summed E-state index contributed by atoms with van der Waals surface area (Å²) in [6.45, 7) is 6.55. The monoisotopic (exact) mass is 515 g/mol. The number of aromatic nitrogens is 1. The fourth-order valence-electron chi connectivity index (χ4n) is 5.92. The van der Waals surface area contributed by atoms with Gasteiger partial charge in [0, 0.05) is 29.4 Å². The van der Waals surface area contributed by atoms with E-state index in [1.165, 1.54) is 43.4 Å². The predicted molar refractivity (Wildman–Crippen MR) is 149 cm³/mol. The summed E-state index contributed by atoms with van der Waals surface area (Å²) >= 11 is 0. The molecule has 38 heavy (non-hydrogen) atoms. The fourth-order valence-corrected chi connectivity index (χ4v) is 5.92. The Kier molecular flexibility index (Phi) is 7.33.